The number of fused-ring (bicyclic) bond motifs is 1. The molecule has 66 heavy (non-hydrogen) atoms. The van der Waals surface area contributed by atoms with Crippen molar-refractivity contribution in [2.75, 3.05) is 25.3 Å². The molecule has 6 rings (SSSR count). The topological polar surface area (TPSA) is 387 Å². The van der Waals surface area contributed by atoms with Crippen LogP contribution < -0.4 is 20.5 Å². The summed E-state index contributed by atoms with van der Waals surface area (Å²) in [7, 11) is -17.3. The number of aromatic hydroxyl groups is 1. The molecular formula is C38H31N7O17S4. The Morgan fingerprint density at radius 3 is 1.67 bits per heavy atom. The van der Waals surface area contributed by atoms with E-state index in [0.717, 1.165) is 48.6 Å². The van der Waals surface area contributed by atoms with Crippen molar-refractivity contribution >= 4 is 109 Å². The second-order valence-electron chi connectivity index (χ2n) is 13.4. The third-order valence-electron chi connectivity index (χ3n) is 9.13. The van der Waals surface area contributed by atoms with E-state index in [0.29, 0.717) is 6.07 Å². The first-order chi connectivity index (χ1) is 30.8. The van der Waals surface area contributed by atoms with Crippen molar-refractivity contribution in [3.63, 3.8) is 0 Å². The molecule has 0 bridgehead atoms. The Labute approximate surface area is 373 Å². The summed E-state index contributed by atoms with van der Waals surface area (Å²) in [5.41, 5.74) is 3.66. The van der Waals surface area contributed by atoms with E-state index in [-0.39, 0.29) is 67.5 Å². The number of methoxy groups -OCH3 is 2. The molecule has 0 unspecified atom stereocenters. The lowest BCUT2D eigenvalue weighted by Gasteiger charge is -2.13. The maximum Gasteiger partial charge on any atom is 0.296 e. The number of nitrogen functional groups attached to an aromatic ring is 1. The molecule has 344 valence electrons. The van der Waals surface area contributed by atoms with Crippen molar-refractivity contribution in [1.29, 1.82) is 0 Å². The lowest BCUT2D eigenvalue weighted by Crippen LogP contribution is -2.04. The number of phenols is 1. The molecule has 0 saturated carbocycles. The molecular weight excluding hydrogens is 955 g/mol. The minimum atomic E-state index is -5.06. The lowest BCUT2D eigenvalue weighted by atomic mass is 10.1. The van der Waals surface area contributed by atoms with Gasteiger partial charge in [-0.1, -0.05) is 24.3 Å². The minimum Gasteiger partial charge on any atom is -0.505 e. The number of nitrogens with one attached hydrogen (secondary N) is 1. The Morgan fingerprint density at radius 2 is 1.12 bits per heavy atom. The molecule has 0 atom stereocenters. The van der Waals surface area contributed by atoms with Crippen LogP contribution in [-0.4, -0.2) is 76.1 Å². The van der Waals surface area contributed by atoms with Crippen molar-refractivity contribution in [2.45, 2.75) is 19.6 Å². The van der Waals surface area contributed by atoms with Gasteiger partial charge in [0, 0.05) is 41.0 Å². The van der Waals surface area contributed by atoms with E-state index < -0.39 is 82.1 Å². The van der Waals surface area contributed by atoms with Gasteiger partial charge in [-0.05, 0) is 71.1 Å². The summed E-state index contributed by atoms with van der Waals surface area (Å²) in [5, 5.41) is 41.5. The second-order valence-corrected chi connectivity index (χ2v) is 19.0. The van der Waals surface area contributed by atoms with Crippen LogP contribution in [0, 0.1) is 10.1 Å². The molecule has 24 nitrogen and oxygen atoms in total. The quantitative estimate of drug-likeness (QED) is 0.0129. The standard InChI is InChI=1S/C38H31N7O17S4/c1-61-31-19-30(43-44-37-36(66(58,59)60)13-22-6-8-23(14-27(22)38(37)46)40-24-10-12-28(39)35(15-24)65(55,56)57)32(62-2)18-29(31)42-41-25-9-5-20(33(16-25)63(49,50)51)3-4-21-7-11-26(45(47)48)17-34(21)64(52,53)54/h3-19,40,46H,39H2,1-2H3,(H,49,50,51)(H,52,53,54)(H,55,56,57)(H,58,59,60)/b4-3+,42-41?,44-43?. The Balaban J connectivity index is 1.34. The largest absolute Gasteiger partial charge is 0.505 e. The number of non-ortho nitro benzene ring substituents is 1. The number of hydrogen-bond acceptors (Lipinski definition) is 19. The molecule has 6 aromatic rings. The van der Waals surface area contributed by atoms with E-state index in [2.05, 4.69) is 25.8 Å². The van der Waals surface area contributed by atoms with Crippen molar-refractivity contribution in [3.05, 3.63) is 112 Å². The molecule has 0 fully saturated rings. The third-order valence-corrected chi connectivity index (χ3v) is 12.7. The van der Waals surface area contributed by atoms with Crippen LogP contribution in [0.4, 0.5) is 45.5 Å². The zero-order valence-electron chi connectivity index (χ0n) is 33.4. The van der Waals surface area contributed by atoms with Crippen LogP contribution in [-0.2, 0) is 40.5 Å². The number of nitrogens with two attached hydrogens (primary N) is 1. The number of nitro benzene ring substituents is 1. The zero-order valence-corrected chi connectivity index (χ0v) is 36.7. The molecule has 0 radical (unpaired) electrons. The molecule has 0 aliphatic carbocycles. The van der Waals surface area contributed by atoms with Crippen LogP contribution in [0.5, 0.6) is 17.2 Å². The summed E-state index contributed by atoms with van der Waals surface area (Å²) < 4.78 is 147. The average Bonchev–Trinajstić information content (AvgIpc) is 3.23. The molecule has 28 heteroatoms. The van der Waals surface area contributed by atoms with E-state index in [1.54, 1.807) is 0 Å². The van der Waals surface area contributed by atoms with Crippen LogP contribution >= 0.6 is 0 Å². The lowest BCUT2D eigenvalue weighted by molar-refractivity contribution is -0.385. The van der Waals surface area contributed by atoms with Gasteiger partial charge in [0.2, 0.25) is 0 Å². The van der Waals surface area contributed by atoms with Crippen LogP contribution in [0.1, 0.15) is 11.1 Å². The fourth-order valence-corrected chi connectivity index (χ4v) is 8.78. The van der Waals surface area contributed by atoms with Crippen LogP contribution in [0.2, 0.25) is 0 Å². The van der Waals surface area contributed by atoms with Gasteiger partial charge in [0.15, 0.2) is 5.75 Å². The molecule has 0 saturated heterocycles. The number of hydrogen-bond donors (Lipinski definition) is 7. The maximum absolute atomic E-state index is 12.5. The van der Waals surface area contributed by atoms with Gasteiger partial charge in [-0.15, -0.1) is 15.3 Å². The summed E-state index contributed by atoms with van der Waals surface area (Å²) in [5.74, 6) is -0.912. The summed E-state index contributed by atoms with van der Waals surface area (Å²) in [6.07, 6.45) is 2.09. The van der Waals surface area contributed by atoms with Gasteiger partial charge in [0.1, 0.15) is 48.1 Å². The molecule has 0 amide bonds. The highest BCUT2D eigenvalue weighted by Crippen LogP contribution is 2.45. The Hall–Kier alpha value is -7.44. The number of anilines is 3. The van der Waals surface area contributed by atoms with E-state index in [9.17, 15) is 67.1 Å². The average molecular weight is 986 g/mol. The number of phenolic OH excluding ortho intramolecular Hbond substituents is 1. The van der Waals surface area contributed by atoms with Gasteiger partial charge < -0.3 is 25.6 Å². The SMILES string of the molecule is COc1cc(N=Nc2c(S(=O)(=O)O)cc3ccc(Nc4ccc(N)c(S(=O)(=O)O)c4)cc3c2O)c(OC)cc1N=Nc1ccc(/C=C/c2ccc([N+](=O)[O-])cc2S(=O)(=O)O)c(S(=O)(=O)O)c1. The van der Waals surface area contributed by atoms with Crippen molar-refractivity contribution in [1.82, 2.24) is 0 Å². The highest BCUT2D eigenvalue weighted by molar-refractivity contribution is 7.86. The van der Waals surface area contributed by atoms with E-state index >= 15 is 0 Å². The molecule has 0 heterocycles. The monoisotopic (exact) mass is 985 g/mol. The number of rotatable bonds is 15. The number of benzene rings is 6. The highest BCUT2D eigenvalue weighted by Gasteiger charge is 2.24. The number of nitro groups is 1. The first kappa shape index (κ1) is 48.0. The van der Waals surface area contributed by atoms with E-state index in [4.69, 9.17) is 15.2 Å². The number of nitrogens with zero attached hydrogens (tertiary/aromatic N) is 5. The molecule has 0 aliphatic heterocycles. The molecule has 0 spiro atoms. The maximum atomic E-state index is 12.5. The van der Waals surface area contributed by atoms with E-state index in [1.165, 1.54) is 62.8 Å². The zero-order chi connectivity index (χ0) is 48.5. The highest BCUT2D eigenvalue weighted by atomic mass is 32.2. The third kappa shape index (κ3) is 10.7. The van der Waals surface area contributed by atoms with Gasteiger partial charge in [0.25, 0.3) is 46.2 Å². The first-order valence-corrected chi connectivity index (χ1v) is 23.6. The van der Waals surface area contributed by atoms with Crippen molar-refractivity contribution in [2.24, 2.45) is 20.5 Å². The van der Waals surface area contributed by atoms with Crippen LogP contribution in [0.25, 0.3) is 22.9 Å². The second kappa shape index (κ2) is 18.2. The van der Waals surface area contributed by atoms with Crippen molar-refractivity contribution in [3.8, 4) is 17.2 Å². The fraction of sp³-hybridized carbons (Fsp3) is 0.0526. The fourth-order valence-electron chi connectivity index (χ4n) is 6.08. The minimum absolute atomic E-state index is 0.0101. The first-order valence-electron chi connectivity index (χ1n) is 17.8. The van der Waals surface area contributed by atoms with Gasteiger partial charge >= 0.3 is 0 Å². The van der Waals surface area contributed by atoms with Gasteiger partial charge in [0.05, 0.1) is 30.5 Å². The number of azo groups is 2. The summed E-state index contributed by atoms with van der Waals surface area (Å²) in [6, 6.07) is 17.2. The normalized spacial score (nSPS) is 12.6. The van der Waals surface area contributed by atoms with Crippen LogP contribution in [0.15, 0.2) is 131 Å². The molecule has 6 aromatic carbocycles. The smallest absolute Gasteiger partial charge is 0.296 e. The summed E-state index contributed by atoms with van der Waals surface area (Å²) in [6.45, 7) is 0. The Morgan fingerprint density at radius 1 is 0.606 bits per heavy atom. The van der Waals surface area contributed by atoms with Gasteiger partial charge in [-0.3, -0.25) is 28.3 Å². The summed E-state index contributed by atoms with van der Waals surface area (Å²) >= 11 is 0. The van der Waals surface area contributed by atoms with Gasteiger partial charge in [-0.25, -0.2) is 0 Å². The van der Waals surface area contributed by atoms with Crippen LogP contribution in [0.3, 0.4) is 0 Å². The van der Waals surface area contributed by atoms with Crippen molar-refractivity contribution < 1.29 is 71.4 Å². The number of ether oxygens (including phenoxy) is 2. The predicted molar refractivity (Wildman–Crippen MR) is 235 cm³/mol. The molecule has 8 N–H and O–H groups in total. The Kier molecular flexibility index (Phi) is 13.3. The predicted octanol–water partition coefficient (Wildman–Crippen LogP) is 7.78. The summed E-state index contributed by atoms with van der Waals surface area (Å²) in [4.78, 5) is 7.27. The van der Waals surface area contributed by atoms with E-state index in [1.807, 2.05) is 0 Å². The molecule has 0 aliphatic rings. The Bertz CT molecular complexity index is 3550. The molecule has 0 aromatic heterocycles. The van der Waals surface area contributed by atoms with Gasteiger partial charge in [-0.2, -0.15) is 38.8 Å².